The first-order chi connectivity index (χ1) is 10.1. The number of hydrogen-bond acceptors (Lipinski definition) is 4. The van der Waals surface area contributed by atoms with Crippen molar-refractivity contribution in [2.45, 2.75) is 33.6 Å². The van der Waals surface area contributed by atoms with Crippen LogP contribution < -0.4 is 20.5 Å². The average molecular weight is 331 g/mol. The summed E-state index contributed by atoms with van der Waals surface area (Å²) in [5, 5.41) is 2.93. The van der Waals surface area contributed by atoms with Gasteiger partial charge in [0, 0.05) is 18.3 Å². The standard InChI is InChI=1S/C16H26N2O3.ClH/c1-5-16(6-2,11-17)15(19)18-12-8-9-13(20-4)14(10-12)21-7-3;/h8-10H,5-7,11,17H2,1-4H3,(H,18,19);1H. The molecule has 22 heavy (non-hydrogen) atoms. The van der Waals surface area contributed by atoms with Crippen molar-refractivity contribution in [3.63, 3.8) is 0 Å². The Balaban J connectivity index is 0.00000441. The molecule has 0 radical (unpaired) electrons. The van der Waals surface area contributed by atoms with Gasteiger partial charge in [0.25, 0.3) is 0 Å². The van der Waals surface area contributed by atoms with E-state index in [4.69, 9.17) is 15.2 Å². The van der Waals surface area contributed by atoms with Crippen molar-refractivity contribution in [1.29, 1.82) is 0 Å². The van der Waals surface area contributed by atoms with Crippen LogP contribution in [-0.4, -0.2) is 26.2 Å². The highest BCUT2D eigenvalue weighted by atomic mass is 35.5. The van der Waals surface area contributed by atoms with Gasteiger partial charge in [-0.3, -0.25) is 4.79 Å². The molecular weight excluding hydrogens is 304 g/mol. The normalized spacial score (nSPS) is 10.6. The smallest absolute Gasteiger partial charge is 0.231 e. The summed E-state index contributed by atoms with van der Waals surface area (Å²) in [7, 11) is 1.59. The van der Waals surface area contributed by atoms with Crippen molar-refractivity contribution >= 4 is 24.0 Å². The third kappa shape index (κ3) is 4.52. The molecule has 5 nitrogen and oxygen atoms in total. The summed E-state index contributed by atoms with van der Waals surface area (Å²) in [6.07, 6.45) is 1.42. The van der Waals surface area contributed by atoms with Crippen molar-refractivity contribution in [2.24, 2.45) is 11.1 Å². The van der Waals surface area contributed by atoms with Crippen LogP contribution in [0.15, 0.2) is 18.2 Å². The number of carbonyl (C=O) groups is 1. The van der Waals surface area contributed by atoms with Crippen molar-refractivity contribution in [3.8, 4) is 11.5 Å². The largest absolute Gasteiger partial charge is 0.493 e. The fraction of sp³-hybridized carbons (Fsp3) is 0.562. The molecule has 0 fully saturated rings. The van der Waals surface area contributed by atoms with Crippen LogP contribution in [-0.2, 0) is 4.79 Å². The highest BCUT2D eigenvalue weighted by Crippen LogP contribution is 2.32. The highest BCUT2D eigenvalue weighted by molar-refractivity contribution is 5.95. The monoisotopic (exact) mass is 330 g/mol. The zero-order chi connectivity index (χ0) is 15.9. The van der Waals surface area contributed by atoms with Gasteiger partial charge in [0.2, 0.25) is 5.91 Å². The lowest BCUT2D eigenvalue weighted by molar-refractivity contribution is -0.125. The maximum atomic E-state index is 12.5. The van der Waals surface area contributed by atoms with E-state index in [1.807, 2.05) is 20.8 Å². The first-order valence-corrected chi connectivity index (χ1v) is 7.39. The van der Waals surface area contributed by atoms with Crippen LogP contribution >= 0.6 is 12.4 Å². The number of hydrogen-bond donors (Lipinski definition) is 2. The van der Waals surface area contributed by atoms with E-state index in [1.54, 1.807) is 25.3 Å². The van der Waals surface area contributed by atoms with E-state index in [2.05, 4.69) is 5.32 Å². The molecule has 0 heterocycles. The minimum atomic E-state index is -0.522. The van der Waals surface area contributed by atoms with Crippen LogP contribution in [0.5, 0.6) is 11.5 Å². The molecule has 0 saturated carbocycles. The summed E-state index contributed by atoms with van der Waals surface area (Å²) >= 11 is 0. The van der Waals surface area contributed by atoms with Gasteiger partial charge in [0.15, 0.2) is 11.5 Å². The number of ether oxygens (including phenoxy) is 2. The van der Waals surface area contributed by atoms with Crippen LogP contribution in [0.25, 0.3) is 0 Å². The summed E-state index contributed by atoms with van der Waals surface area (Å²) < 4.78 is 10.7. The second-order valence-corrected chi connectivity index (χ2v) is 4.94. The number of anilines is 1. The topological polar surface area (TPSA) is 73.6 Å². The third-order valence-corrected chi connectivity index (χ3v) is 3.95. The molecule has 0 aliphatic rings. The van der Waals surface area contributed by atoms with Crippen molar-refractivity contribution < 1.29 is 14.3 Å². The molecule has 126 valence electrons. The molecule has 0 atom stereocenters. The van der Waals surface area contributed by atoms with Crippen molar-refractivity contribution in [2.75, 3.05) is 25.6 Å². The van der Waals surface area contributed by atoms with Gasteiger partial charge in [-0.2, -0.15) is 0 Å². The number of carbonyl (C=O) groups excluding carboxylic acids is 1. The first-order valence-electron chi connectivity index (χ1n) is 7.39. The lowest BCUT2D eigenvalue weighted by atomic mass is 9.81. The summed E-state index contributed by atoms with van der Waals surface area (Å²) in [5.41, 5.74) is 5.96. The Morgan fingerprint density at radius 1 is 1.23 bits per heavy atom. The minimum Gasteiger partial charge on any atom is -0.493 e. The molecule has 1 amide bonds. The van der Waals surface area contributed by atoms with Crippen molar-refractivity contribution in [3.05, 3.63) is 18.2 Å². The molecule has 0 bridgehead atoms. The average Bonchev–Trinajstić information content (AvgIpc) is 2.50. The second kappa shape index (κ2) is 9.54. The highest BCUT2D eigenvalue weighted by Gasteiger charge is 2.33. The Morgan fingerprint density at radius 2 is 1.86 bits per heavy atom. The predicted octanol–water partition coefficient (Wildman–Crippen LogP) is 3.22. The van der Waals surface area contributed by atoms with Crippen LogP contribution in [0.2, 0.25) is 0 Å². The van der Waals surface area contributed by atoms with Gasteiger partial charge in [-0.1, -0.05) is 13.8 Å². The molecule has 1 aromatic carbocycles. The van der Waals surface area contributed by atoms with Crippen LogP contribution in [0.4, 0.5) is 5.69 Å². The van der Waals surface area contributed by atoms with Crippen LogP contribution in [0.1, 0.15) is 33.6 Å². The minimum absolute atomic E-state index is 0. The van der Waals surface area contributed by atoms with Gasteiger partial charge in [0.1, 0.15) is 0 Å². The molecule has 3 N–H and O–H groups in total. The van der Waals surface area contributed by atoms with Crippen molar-refractivity contribution in [1.82, 2.24) is 0 Å². The van der Waals surface area contributed by atoms with E-state index < -0.39 is 5.41 Å². The molecule has 6 heteroatoms. The van der Waals surface area contributed by atoms with E-state index in [1.165, 1.54) is 0 Å². The fourth-order valence-corrected chi connectivity index (χ4v) is 2.24. The number of amides is 1. The molecule has 0 aromatic heterocycles. The Kier molecular flexibility index (Phi) is 8.90. The molecule has 1 aromatic rings. The van der Waals surface area contributed by atoms with Gasteiger partial charge in [-0.05, 0) is 31.9 Å². The second-order valence-electron chi connectivity index (χ2n) is 4.94. The summed E-state index contributed by atoms with van der Waals surface area (Å²) in [6, 6.07) is 5.35. The quantitative estimate of drug-likeness (QED) is 0.767. The maximum Gasteiger partial charge on any atom is 0.231 e. The number of benzene rings is 1. The maximum absolute atomic E-state index is 12.5. The molecule has 1 rings (SSSR count). The Bertz CT molecular complexity index is 468. The van der Waals surface area contributed by atoms with Gasteiger partial charge >= 0.3 is 0 Å². The zero-order valence-electron chi connectivity index (χ0n) is 13.8. The van der Waals surface area contributed by atoms with Gasteiger partial charge in [-0.25, -0.2) is 0 Å². The lowest BCUT2D eigenvalue weighted by Crippen LogP contribution is -2.41. The molecule has 0 unspecified atom stereocenters. The van der Waals surface area contributed by atoms with Gasteiger partial charge in [-0.15, -0.1) is 12.4 Å². The summed E-state index contributed by atoms with van der Waals surface area (Å²) in [6.45, 7) is 6.73. The summed E-state index contributed by atoms with van der Waals surface area (Å²) in [5.74, 6) is 1.21. The molecule has 0 aliphatic carbocycles. The van der Waals surface area contributed by atoms with Gasteiger partial charge in [0.05, 0.1) is 19.1 Å². The van der Waals surface area contributed by atoms with E-state index >= 15 is 0 Å². The number of nitrogens with two attached hydrogens (primary N) is 1. The van der Waals surface area contributed by atoms with E-state index in [-0.39, 0.29) is 18.3 Å². The van der Waals surface area contributed by atoms with E-state index in [9.17, 15) is 4.79 Å². The molecular formula is C16H27ClN2O3. The third-order valence-electron chi connectivity index (χ3n) is 3.95. The van der Waals surface area contributed by atoms with E-state index in [0.717, 1.165) is 0 Å². The molecule has 0 saturated heterocycles. The van der Waals surface area contributed by atoms with E-state index in [0.29, 0.717) is 43.2 Å². The molecule has 0 spiro atoms. The van der Waals surface area contributed by atoms with Crippen LogP contribution in [0, 0.1) is 5.41 Å². The number of nitrogens with one attached hydrogen (secondary N) is 1. The Hall–Kier alpha value is -1.46. The molecule has 0 aliphatic heterocycles. The number of rotatable bonds is 8. The fourth-order valence-electron chi connectivity index (χ4n) is 2.24. The Labute approximate surface area is 139 Å². The van der Waals surface area contributed by atoms with Gasteiger partial charge < -0.3 is 20.5 Å². The Morgan fingerprint density at radius 3 is 2.32 bits per heavy atom. The summed E-state index contributed by atoms with van der Waals surface area (Å²) in [4.78, 5) is 12.5. The SMILES string of the molecule is CCOc1cc(NC(=O)C(CC)(CC)CN)ccc1OC.Cl. The number of halogens is 1. The number of methoxy groups -OCH3 is 1. The first kappa shape index (κ1) is 20.5. The predicted molar refractivity (Wildman–Crippen MR) is 92.1 cm³/mol. The lowest BCUT2D eigenvalue weighted by Gasteiger charge is -2.28. The van der Waals surface area contributed by atoms with Crippen LogP contribution in [0.3, 0.4) is 0 Å². The zero-order valence-corrected chi connectivity index (χ0v) is 14.6.